The maximum Gasteiger partial charge on any atom is 0.265 e. The molecule has 0 aliphatic rings. The van der Waals surface area contributed by atoms with Gasteiger partial charge >= 0.3 is 0 Å². The molecule has 1 aromatic rings. The van der Waals surface area contributed by atoms with Gasteiger partial charge in [-0.2, -0.15) is 0 Å². The molecule has 1 rings (SSSR count). The Hall–Kier alpha value is -0.0400. The fraction of sp³-hybridized carbons (Fsp3) is 0.545. The largest absolute Gasteiger partial charge is 0.335 e. The average molecular weight is 347 g/mol. The van der Waals surface area contributed by atoms with Gasteiger partial charge in [-0.15, -0.1) is 11.3 Å². The smallest absolute Gasteiger partial charge is 0.265 e. The van der Waals surface area contributed by atoms with E-state index in [4.69, 9.17) is 34.8 Å². The molecule has 1 aromatic heterocycles. The summed E-state index contributed by atoms with van der Waals surface area (Å²) in [7, 11) is 4.09. The zero-order chi connectivity index (χ0) is 14.5. The third-order valence-electron chi connectivity index (χ3n) is 2.43. The van der Waals surface area contributed by atoms with E-state index < -0.39 is 9.96 Å². The first kappa shape index (κ1) is 17.0. The second kappa shape index (κ2) is 7.67. The number of thiophene rings is 1. The normalized spacial score (nSPS) is 13.6. The van der Waals surface area contributed by atoms with E-state index in [0.717, 1.165) is 13.1 Å². The Bertz CT molecular complexity index is 392. The molecule has 4 nitrogen and oxygen atoms in total. The Labute approximate surface area is 132 Å². The second-order valence-corrected chi connectivity index (χ2v) is 7.77. The number of hydrogen-bond donors (Lipinski definition) is 3. The van der Waals surface area contributed by atoms with Gasteiger partial charge in [-0.05, 0) is 11.4 Å². The number of amides is 1. The van der Waals surface area contributed by atoms with Crippen LogP contribution in [0.1, 0.15) is 9.67 Å². The van der Waals surface area contributed by atoms with Gasteiger partial charge in [0, 0.05) is 0 Å². The van der Waals surface area contributed by atoms with E-state index in [0.29, 0.717) is 4.88 Å². The van der Waals surface area contributed by atoms with Gasteiger partial charge in [0.05, 0.1) is 19.0 Å². The highest BCUT2D eigenvalue weighted by atomic mass is 35.6. The van der Waals surface area contributed by atoms with Crippen molar-refractivity contribution in [2.75, 3.05) is 27.2 Å². The summed E-state index contributed by atoms with van der Waals surface area (Å²) in [4.78, 5) is 13.9. The number of likely N-dealkylation sites (N-methyl/N-ethyl adjacent to an activating group) is 1. The first-order chi connectivity index (χ1) is 8.80. The van der Waals surface area contributed by atoms with Crippen molar-refractivity contribution >= 4 is 52.0 Å². The van der Waals surface area contributed by atoms with Crippen LogP contribution >= 0.6 is 46.1 Å². The Morgan fingerprint density at radius 2 is 2.21 bits per heavy atom. The van der Waals surface area contributed by atoms with Crippen molar-refractivity contribution in [1.82, 2.24) is 5.32 Å². The van der Waals surface area contributed by atoms with Crippen molar-refractivity contribution in [3.05, 3.63) is 22.4 Å². The molecule has 0 unspecified atom stereocenters. The molecule has 0 aliphatic carbocycles. The lowest BCUT2D eigenvalue weighted by Gasteiger charge is -2.23. The molecule has 1 heterocycles. The number of carbonyl (C=O) groups excluding carboxylic acids is 1. The first-order valence-corrected chi connectivity index (χ1v) is 7.85. The number of nitrogens with two attached hydrogens (primary N) is 1. The lowest BCUT2D eigenvalue weighted by atomic mass is 10.4. The second-order valence-electron chi connectivity index (χ2n) is 4.45. The molecule has 0 saturated heterocycles. The highest BCUT2D eigenvalue weighted by Gasteiger charge is 2.37. The molecule has 0 aliphatic heterocycles. The molecule has 108 valence electrons. The van der Waals surface area contributed by atoms with Gasteiger partial charge in [0.1, 0.15) is 13.1 Å². The number of rotatable bonds is 6. The number of carbonyl (C=O) groups is 1. The van der Waals surface area contributed by atoms with Crippen LogP contribution in [-0.4, -0.2) is 43.1 Å². The maximum absolute atomic E-state index is 12.0. The van der Waals surface area contributed by atoms with Gasteiger partial charge in [0.25, 0.3) is 9.70 Å². The fourth-order valence-corrected chi connectivity index (χ4v) is 2.49. The van der Waals surface area contributed by atoms with Gasteiger partial charge in [0.15, 0.2) is 0 Å². The Balaban J connectivity index is 2.57. The fourth-order valence-electron chi connectivity index (χ4n) is 1.43. The van der Waals surface area contributed by atoms with Crippen molar-refractivity contribution in [3.63, 3.8) is 0 Å². The topological polar surface area (TPSA) is 50.1 Å². The third-order valence-corrected chi connectivity index (χ3v) is 4.00. The summed E-state index contributed by atoms with van der Waals surface area (Å²) in [6.45, 7) is 1.66. The molecule has 19 heavy (non-hydrogen) atoms. The van der Waals surface area contributed by atoms with Gasteiger partial charge in [-0.1, -0.05) is 40.9 Å². The van der Waals surface area contributed by atoms with E-state index in [2.05, 4.69) is 5.32 Å². The minimum Gasteiger partial charge on any atom is -0.335 e. The van der Waals surface area contributed by atoms with Crippen molar-refractivity contribution in [2.24, 2.45) is 0 Å². The van der Waals surface area contributed by atoms with Crippen LogP contribution in [0.4, 0.5) is 0 Å². The first-order valence-electron chi connectivity index (χ1n) is 5.84. The number of halogens is 3. The van der Waals surface area contributed by atoms with E-state index in [1.165, 1.54) is 16.2 Å². The molecular formula is C11H18Cl3N3OS+2. The van der Waals surface area contributed by atoms with Crippen LogP contribution in [-0.2, 0) is 0 Å². The summed E-state index contributed by atoms with van der Waals surface area (Å²) >= 11 is 19.1. The quantitative estimate of drug-likeness (QED) is 0.488. The van der Waals surface area contributed by atoms with Crippen molar-refractivity contribution in [2.45, 2.75) is 9.96 Å². The minimum absolute atomic E-state index is 0.222. The van der Waals surface area contributed by atoms with E-state index in [1.807, 2.05) is 30.9 Å². The Kier molecular flexibility index (Phi) is 6.86. The van der Waals surface area contributed by atoms with Crippen LogP contribution in [0.15, 0.2) is 17.5 Å². The lowest BCUT2D eigenvalue weighted by Crippen LogP contribution is -3.10. The predicted octanol–water partition coefficient (Wildman–Crippen LogP) is -0.118. The molecule has 0 saturated carbocycles. The zero-order valence-corrected chi connectivity index (χ0v) is 13.8. The van der Waals surface area contributed by atoms with Gasteiger partial charge in [-0.25, -0.2) is 0 Å². The van der Waals surface area contributed by atoms with Gasteiger partial charge < -0.3 is 10.2 Å². The Morgan fingerprint density at radius 3 is 2.68 bits per heavy atom. The van der Waals surface area contributed by atoms with Gasteiger partial charge in [-0.3, -0.25) is 10.1 Å². The van der Waals surface area contributed by atoms with Crippen LogP contribution in [0, 0.1) is 0 Å². The summed E-state index contributed by atoms with van der Waals surface area (Å²) in [5, 5.41) is 6.41. The summed E-state index contributed by atoms with van der Waals surface area (Å²) in [6, 6.07) is 3.54. The van der Waals surface area contributed by atoms with Crippen LogP contribution in [0.5, 0.6) is 0 Å². The van der Waals surface area contributed by atoms with Crippen molar-refractivity contribution < 1.29 is 15.0 Å². The lowest BCUT2D eigenvalue weighted by molar-refractivity contribution is -0.877. The van der Waals surface area contributed by atoms with E-state index >= 15 is 0 Å². The van der Waals surface area contributed by atoms with Crippen LogP contribution < -0.4 is 15.5 Å². The van der Waals surface area contributed by atoms with Crippen LogP contribution in [0.25, 0.3) is 0 Å². The number of alkyl halides is 3. The number of nitrogens with one attached hydrogen (secondary N) is 2. The molecule has 0 bridgehead atoms. The summed E-state index contributed by atoms with van der Waals surface area (Å²) in [6.07, 6.45) is -0.605. The van der Waals surface area contributed by atoms with Crippen molar-refractivity contribution in [1.29, 1.82) is 0 Å². The van der Waals surface area contributed by atoms with Crippen LogP contribution in [0.2, 0.25) is 0 Å². The molecule has 0 aromatic carbocycles. The van der Waals surface area contributed by atoms with E-state index in [9.17, 15) is 4.79 Å². The molecule has 0 spiro atoms. The number of hydrogen-bond acceptors (Lipinski definition) is 2. The van der Waals surface area contributed by atoms with Crippen LogP contribution in [0.3, 0.4) is 0 Å². The molecule has 1 atom stereocenters. The highest BCUT2D eigenvalue weighted by molar-refractivity contribution is 7.12. The standard InChI is InChI=1S/C11H16Cl3N3OS/c1-17(2)6-5-15-10(11(12,13)14)16-9(18)8-4-3-7-19-8/h3-4,7,10,15H,5-6H2,1-2H3,(H,16,18)/p+2/t10-/m1/s1. The van der Waals surface area contributed by atoms with E-state index in [-0.39, 0.29) is 5.91 Å². The molecule has 8 heteroatoms. The monoisotopic (exact) mass is 345 g/mol. The molecule has 0 radical (unpaired) electrons. The van der Waals surface area contributed by atoms with E-state index in [1.54, 1.807) is 6.07 Å². The third kappa shape index (κ3) is 6.29. The SMILES string of the molecule is C[NH+](C)CC[NH2+][C@H](NC(=O)c1cccs1)C(Cl)(Cl)Cl. The molecule has 4 N–H and O–H groups in total. The highest BCUT2D eigenvalue weighted by Crippen LogP contribution is 2.27. The zero-order valence-electron chi connectivity index (χ0n) is 10.8. The summed E-state index contributed by atoms with van der Waals surface area (Å²) < 4.78 is -1.55. The molecule has 1 amide bonds. The minimum atomic E-state index is -1.55. The van der Waals surface area contributed by atoms with Crippen molar-refractivity contribution in [3.8, 4) is 0 Å². The molecular weight excluding hydrogens is 329 g/mol. The van der Waals surface area contributed by atoms with Gasteiger partial charge in [0.2, 0.25) is 6.17 Å². The predicted molar refractivity (Wildman–Crippen MR) is 80.3 cm³/mol. The maximum atomic E-state index is 12.0. The summed E-state index contributed by atoms with van der Waals surface area (Å²) in [5.74, 6) is -0.222. The molecule has 0 fully saturated rings. The average Bonchev–Trinajstić information content (AvgIpc) is 2.79. The Morgan fingerprint density at radius 1 is 1.53 bits per heavy atom. The number of quaternary nitrogens is 2. The summed E-state index contributed by atoms with van der Waals surface area (Å²) in [5.41, 5.74) is 0.